The number of aromatic nitrogens is 2. The summed E-state index contributed by atoms with van der Waals surface area (Å²) < 4.78 is 38.5. The summed E-state index contributed by atoms with van der Waals surface area (Å²) in [7, 11) is 0. The van der Waals surface area contributed by atoms with E-state index in [2.05, 4.69) is 5.10 Å². The maximum absolute atomic E-state index is 12.6. The molecule has 0 aliphatic carbocycles. The third-order valence-electron chi connectivity index (χ3n) is 1.85. The van der Waals surface area contributed by atoms with Crippen LogP contribution < -0.4 is 0 Å². The molecular formula is C9H11F3N2O2. The summed E-state index contributed by atoms with van der Waals surface area (Å²) in [6.07, 6.45) is -4.62. The number of carbonyl (C=O) groups is 1. The van der Waals surface area contributed by atoms with E-state index < -0.39 is 29.1 Å². The molecule has 0 aromatic carbocycles. The molecule has 1 aromatic heterocycles. The number of halogens is 3. The van der Waals surface area contributed by atoms with Crippen LogP contribution >= 0.6 is 0 Å². The van der Waals surface area contributed by atoms with Gasteiger partial charge in [-0.2, -0.15) is 18.3 Å². The number of carboxylic acids is 1. The van der Waals surface area contributed by atoms with Crippen LogP contribution in [-0.4, -0.2) is 20.9 Å². The number of carboxylic acid groups (broad SMARTS) is 1. The van der Waals surface area contributed by atoms with Gasteiger partial charge >= 0.3 is 12.1 Å². The van der Waals surface area contributed by atoms with Crippen molar-refractivity contribution in [1.29, 1.82) is 0 Å². The highest BCUT2D eigenvalue weighted by Crippen LogP contribution is 2.32. The molecule has 0 saturated heterocycles. The minimum absolute atomic E-state index is 0.535. The Morgan fingerprint density at radius 2 is 1.88 bits per heavy atom. The molecule has 0 fully saturated rings. The molecule has 1 aromatic rings. The molecule has 7 heteroatoms. The van der Waals surface area contributed by atoms with E-state index in [0.717, 1.165) is 0 Å². The Bertz CT molecular complexity index is 384. The normalized spacial score (nSPS) is 12.9. The molecule has 0 atom stereocenters. The van der Waals surface area contributed by atoms with Crippen molar-refractivity contribution in [3.05, 3.63) is 17.5 Å². The van der Waals surface area contributed by atoms with Gasteiger partial charge in [-0.1, -0.05) is 0 Å². The molecule has 0 saturated carbocycles. The van der Waals surface area contributed by atoms with E-state index in [-0.39, 0.29) is 0 Å². The Labute approximate surface area is 89.7 Å². The molecular weight excluding hydrogens is 225 g/mol. The zero-order valence-corrected chi connectivity index (χ0v) is 8.96. The van der Waals surface area contributed by atoms with Gasteiger partial charge in [0, 0.05) is 6.07 Å². The Balaban J connectivity index is 3.41. The molecule has 1 heterocycles. The summed E-state index contributed by atoms with van der Waals surface area (Å²) >= 11 is 0. The van der Waals surface area contributed by atoms with Crippen molar-refractivity contribution < 1.29 is 23.1 Å². The van der Waals surface area contributed by atoms with E-state index in [0.29, 0.717) is 10.7 Å². The van der Waals surface area contributed by atoms with Crippen LogP contribution in [0, 0.1) is 0 Å². The van der Waals surface area contributed by atoms with Gasteiger partial charge in [-0.05, 0) is 20.8 Å². The molecule has 16 heavy (non-hydrogen) atoms. The average molecular weight is 236 g/mol. The topological polar surface area (TPSA) is 55.1 Å². The van der Waals surface area contributed by atoms with Gasteiger partial charge in [-0.15, -0.1) is 0 Å². The average Bonchev–Trinajstić information content (AvgIpc) is 2.44. The summed E-state index contributed by atoms with van der Waals surface area (Å²) in [6, 6.07) is 0.535. The Morgan fingerprint density at radius 1 is 1.38 bits per heavy atom. The quantitative estimate of drug-likeness (QED) is 0.814. The maximum Gasteiger partial charge on any atom is 0.433 e. The lowest BCUT2D eigenvalue weighted by molar-refractivity contribution is -0.146. The van der Waals surface area contributed by atoms with Gasteiger partial charge < -0.3 is 5.11 Å². The second kappa shape index (κ2) is 3.50. The standard InChI is InChI=1S/C9H11F3N2O2/c1-8(2,3)14-6(9(10,11)12)4-5(13-14)7(15)16/h4H,1-3H3,(H,15,16). The second-order valence-electron chi connectivity index (χ2n) is 4.30. The molecule has 1 N–H and O–H groups in total. The minimum atomic E-state index is -4.62. The predicted molar refractivity (Wildman–Crippen MR) is 49.2 cm³/mol. The van der Waals surface area contributed by atoms with Gasteiger partial charge in [0.15, 0.2) is 5.69 Å². The van der Waals surface area contributed by atoms with E-state index in [1.807, 2.05) is 0 Å². The van der Waals surface area contributed by atoms with Crippen LogP contribution in [0.4, 0.5) is 13.2 Å². The number of hydrogen-bond donors (Lipinski definition) is 1. The lowest BCUT2D eigenvalue weighted by Gasteiger charge is -2.23. The molecule has 1 rings (SSSR count). The Hall–Kier alpha value is -1.53. The van der Waals surface area contributed by atoms with Gasteiger partial charge in [0.05, 0.1) is 5.54 Å². The maximum atomic E-state index is 12.6. The van der Waals surface area contributed by atoms with E-state index >= 15 is 0 Å². The first kappa shape index (κ1) is 12.5. The fraction of sp³-hybridized carbons (Fsp3) is 0.556. The monoisotopic (exact) mass is 236 g/mol. The van der Waals surface area contributed by atoms with Crippen molar-refractivity contribution in [2.24, 2.45) is 0 Å². The van der Waals surface area contributed by atoms with Crippen LogP contribution in [-0.2, 0) is 11.7 Å². The lowest BCUT2D eigenvalue weighted by atomic mass is 10.1. The summed E-state index contributed by atoms with van der Waals surface area (Å²) in [5.74, 6) is -1.48. The molecule has 0 bridgehead atoms. The Kier molecular flexibility index (Phi) is 2.74. The lowest BCUT2D eigenvalue weighted by Crippen LogP contribution is -2.28. The largest absolute Gasteiger partial charge is 0.476 e. The molecule has 0 radical (unpaired) electrons. The van der Waals surface area contributed by atoms with Gasteiger partial charge in [0.1, 0.15) is 5.69 Å². The van der Waals surface area contributed by atoms with Crippen molar-refractivity contribution in [2.45, 2.75) is 32.5 Å². The third kappa shape index (κ3) is 2.34. The first-order valence-corrected chi connectivity index (χ1v) is 4.44. The highest BCUT2D eigenvalue weighted by atomic mass is 19.4. The molecule has 0 aliphatic heterocycles. The summed E-state index contributed by atoms with van der Waals surface area (Å²) in [6.45, 7) is 4.54. The first-order valence-electron chi connectivity index (χ1n) is 4.44. The van der Waals surface area contributed by atoms with Crippen LogP contribution in [0.2, 0.25) is 0 Å². The van der Waals surface area contributed by atoms with Gasteiger partial charge in [0.2, 0.25) is 0 Å². The van der Waals surface area contributed by atoms with Gasteiger partial charge in [0.25, 0.3) is 0 Å². The van der Waals surface area contributed by atoms with Crippen LogP contribution in [0.3, 0.4) is 0 Å². The van der Waals surface area contributed by atoms with E-state index in [1.165, 1.54) is 20.8 Å². The predicted octanol–water partition coefficient (Wildman–Crippen LogP) is 2.36. The van der Waals surface area contributed by atoms with Crippen molar-refractivity contribution in [3.8, 4) is 0 Å². The molecule has 90 valence electrons. The molecule has 0 aliphatic rings. The van der Waals surface area contributed by atoms with Crippen LogP contribution in [0.1, 0.15) is 37.0 Å². The van der Waals surface area contributed by atoms with Crippen molar-refractivity contribution in [2.75, 3.05) is 0 Å². The van der Waals surface area contributed by atoms with Gasteiger partial charge in [-0.3, -0.25) is 4.68 Å². The zero-order valence-electron chi connectivity index (χ0n) is 8.96. The first-order chi connectivity index (χ1) is 7.03. The summed E-state index contributed by atoms with van der Waals surface area (Å²) in [4.78, 5) is 10.6. The zero-order chi connectivity index (χ0) is 12.7. The van der Waals surface area contributed by atoms with Crippen LogP contribution in [0.5, 0.6) is 0 Å². The number of aromatic carboxylic acids is 1. The van der Waals surface area contributed by atoms with E-state index in [4.69, 9.17) is 5.11 Å². The minimum Gasteiger partial charge on any atom is -0.476 e. The number of alkyl halides is 3. The second-order valence-corrected chi connectivity index (χ2v) is 4.30. The number of nitrogens with zero attached hydrogens (tertiary/aromatic N) is 2. The van der Waals surface area contributed by atoms with Crippen LogP contribution in [0.15, 0.2) is 6.07 Å². The van der Waals surface area contributed by atoms with Crippen molar-refractivity contribution in [3.63, 3.8) is 0 Å². The molecule has 0 unspecified atom stereocenters. The fourth-order valence-electron chi connectivity index (χ4n) is 1.20. The fourth-order valence-corrected chi connectivity index (χ4v) is 1.20. The molecule has 0 amide bonds. The highest BCUT2D eigenvalue weighted by molar-refractivity contribution is 5.85. The summed E-state index contributed by atoms with van der Waals surface area (Å²) in [5.41, 5.74) is -2.60. The van der Waals surface area contributed by atoms with E-state index in [9.17, 15) is 18.0 Å². The van der Waals surface area contributed by atoms with Gasteiger partial charge in [-0.25, -0.2) is 4.79 Å². The smallest absolute Gasteiger partial charge is 0.433 e. The Morgan fingerprint density at radius 3 is 2.12 bits per heavy atom. The molecule has 0 spiro atoms. The number of hydrogen-bond acceptors (Lipinski definition) is 2. The summed E-state index contributed by atoms with van der Waals surface area (Å²) in [5, 5.41) is 12.1. The third-order valence-corrected chi connectivity index (χ3v) is 1.85. The van der Waals surface area contributed by atoms with Crippen molar-refractivity contribution >= 4 is 5.97 Å². The van der Waals surface area contributed by atoms with Crippen LogP contribution in [0.25, 0.3) is 0 Å². The molecule has 4 nitrogen and oxygen atoms in total. The van der Waals surface area contributed by atoms with E-state index in [1.54, 1.807) is 0 Å². The van der Waals surface area contributed by atoms with Crippen molar-refractivity contribution in [1.82, 2.24) is 9.78 Å². The highest BCUT2D eigenvalue weighted by Gasteiger charge is 2.39. The SMILES string of the molecule is CC(C)(C)n1nc(C(=O)O)cc1C(F)(F)F. The number of rotatable bonds is 1.